The number of ether oxygens (including phenoxy) is 1. The third-order valence-corrected chi connectivity index (χ3v) is 3.18. The second kappa shape index (κ2) is 6.74. The zero-order valence-corrected chi connectivity index (χ0v) is 12.6. The van der Waals surface area contributed by atoms with Gasteiger partial charge in [-0.1, -0.05) is 18.2 Å². The van der Waals surface area contributed by atoms with E-state index in [1.165, 1.54) is 0 Å². The van der Waals surface area contributed by atoms with Crippen LogP contribution in [-0.4, -0.2) is 26.8 Å². The number of pyridine rings is 1. The van der Waals surface area contributed by atoms with Crippen LogP contribution in [0.25, 0.3) is 5.69 Å². The van der Waals surface area contributed by atoms with Gasteiger partial charge in [0.1, 0.15) is 0 Å². The molecule has 0 spiro atoms. The SMILES string of the molecule is C[C@@H](Oc1ccn(-c2ccccc2)n1)C(=O)Nc1cccnc1. The number of hydrogen-bond acceptors (Lipinski definition) is 4. The van der Waals surface area contributed by atoms with Crippen molar-refractivity contribution in [3.05, 3.63) is 67.1 Å². The van der Waals surface area contributed by atoms with Crippen molar-refractivity contribution < 1.29 is 9.53 Å². The molecule has 0 fully saturated rings. The molecule has 0 unspecified atom stereocenters. The number of nitrogens with one attached hydrogen (secondary N) is 1. The average Bonchev–Trinajstić information content (AvgIpc) is 3.05. The van der Waals surface area contributed by atoms with Gasteiger partial charge in [0.25, 0.3) is 5.91 Å². The minimum atomic E-state index is -0.672. The molecule has 23 heavy (non-hydrogen) atoms. The number of carbonyl (C=O) groups excluding carboxylic acids is 1. The van der Waals surface area contributed by atoms with E-state index in [1.807, 2.05) is 30.3 Å². The van der Waals surface area contributed by atoms with Crippen molar-refractivity contribution in [3.63, 3.8) is 0 Å². The first-order valence-electron chi connectivity index (χ1n) is 7.21. The van der Waals surface area contributed by atoms with Gasteiger partial charge in [-0.05, 0) is 31.2 Å². The Morgan fingerprint density at radius 3 is 2.74 bits per heavy atom. The van der Waals surface area contributed by atoms with Crippen molar-refractivity contribution in [2.45, 2.75) is 13.0 Å². The van der Waals surface area contributed by atoms with E-state index < -0.39 is 6.10 Å². The summed E-state index contributed by atoms with van der Waals surface area (Å²) in [5.74, 6) is 0.134. The van der Waals surface area contributed by atoms with Crippen LogP contribution in [0.5, 0.6) is 5.88 Å². The van der Waals surface area contributed by atoms with Gasteiger partial charge in [0, 0.05) is 18.5 Å². The molecule has 6 heteroatoms. The summed E-state index contributed by atoms with van der Waals surface area (Å²) in [5.41, 5.74) is 1.55. The molecule has 0 bridgehead atoms. The maximum atomic E-state index is 12.1. The summed E-state index contributed by atoms with van der Waals surface area (Å²) in [5, 5.41) is 7.05. The number of para-hydroxylation sites is 1. The standard InChI is InChI=1S/C17H16N4O2/c1-13(17(22)19-14-6-5-10-18-12-14)23-16-9-11-21(20-16)15-7-3-2-4-8-15/h2-13H,1H3,(H,19,22)/t13-/m1/s1. The maximum absolute atomic E-state index is 12.1. The Morgan fingerprint density at radius 1 is 1.17 bits per heavy atom. The lowest BCUT2D eigenvalue weighted by Crippen LogP contribution is -2.30. The van der Waals surface area contributed by atoms with Gasteiger partial charge in [0.2, 0.25) is 5.88 Å². The molecule has 0 saturated carbocycles. The minimum absolute atomic E-state index is 0.257. The van der Waals surface area contributed by atoms with E-state index in [-0.39, 0.29) is 5.91 Å². The minimum Gasteiger partial charge on any atom is -0.463 e. The smallest absolute Gasteiger partial charge is 0.265 e. The monoisotopic (exact) mass is 308 g/mol. The molecular formula is C17H16N4O2. The molecule has 3 aromatic rings. The quantitative estimate of drug-likeness (QED) is 0.787. The van der Waals surface area contributed by atoms with E-state index in [0.717, 1.165) is 5.69 Å². The Labute approximate surface area is 133 Å². The van der Waals surface area contributed by atoms with Crippen LogP contribution >= 0.6 is 0 Å². The fourth-order valence-corrected chi connectivity index (χ4v) is 2.01. The Morgan fingerprint density at radius 2 is 2.00 bits per heavy atom. The van der Waals surface area contributed by atoms with Gasteiger partial charge in [-0.25, -0.2) is 4.68 Å². The normalized spacial score (nSPS) is 11.7. The largest absolute Gasteiger partial charge is 0.463 e. The number of anilines is 1. The molecule has 0 aliphatic heterocycles. The molecular weight excluding hydrogens is 292 g/mol. The lowest BCUT2D eigenvalue weighted by Gasteiger charge is -2.12. The number of carbonyl (C=O) groups is 1. The predicted octanol–water partition coefficient (Wildman–Crippen LogP) is 2.67. The molecule has 6 nitrogen and oxygen atoms in total. The molecule has 0 aliphatic carbocycles. The second-order valence-corrected chi connectivity index (χ2v) is 4.93. The predicted molar refractivity (Wildman–Crippen MR) is 86.5 cm³/mol. The van der Waals surface area contributed by atoms with Crippen molar-refractivity contribution in [1.82, 2.24) is 14.8 Å². The highest BCUT2D eigenvalue weighted by Gasteiger charge is 2.16. The fourth-order valence-electron chi connectivity index (χ4n) is 2.01. The van der Waals surface area contributed by atoms with E-state index in [4.69, 9.17) is 4.74 Å². The van der Waals surface area contributed by atoms with Crippen molar-refractivity contribution >= 4 is 11.6 Å². The summed E-state index contributed by atoms with van der Waals surface area (Å²) < 4.78 is 7.28. The zero-order chi connectivity index (χ0) is 16.1. The first-order valence-corrected chi connectivity index (χ1v) is 7.21. The lowest BCUT2D eigenvalue weighted by molar-refractivity contribution is -0.122. The van der Waals surface area contributed by atoms with Crippen molar-refractivity contribution in [1.29, 1.82) is 0 Å². The van der Waals surface area contributed by atoms with Gasteiger partial charge in [-0.3, -0.25) is 9.78 Å². The Hall–Kier alpha value is -3.15. The topological polar surface area (TPSA) is 69.0 Å². The first kappa shape index (κ1) is 14.8. The molecule has 0 aliphatic rings. The van der Waals surface area contributed by atoms with E-state index in [2.05, 4.69) is 15.4 Å². The third-order valence-electron chi connectivity index (χ3n) is 3.18. The van der Waals surface area contributed by atoms with E-state index in [9.17, 15) is 4.79 Å². The van der Waals surface area contributed by atoms with Gasteiger partial charge < -0.3 is 10.1 Å². The summed E-state index contributed by atoms with van der Waals surface area (Å²) in [7, 11) is 0. The van der Waals surface area contributed by atoms with Gasteiger partial charge in [-0.2, -0.15) is 0 Å². The van der Waals surface area contributed by atoms with Gasteiger partial charge in [0.05, 0.1) is 17.6 Å². The number of rotatable bonds is 5. The van der Waals surface area contributed by atoms with Gasteiger partial charge in [0.15, 0.2) is 6.10 Å². The third kappa shape index (κ3) is 3.74. The van der Waals surface area contributed by atoms with Crippen LogP contribution in [0.15, 0.2) is 67.1 Å². The molecule has 3 rings (SSSR count). The highest BCUT2D eigenvalue weighted by Crippen LogP contribution is 2.13. The molecule has 116 valence electrons. The van der Waals surface area contributed by atoms with Crippen LogP contribution in [0.3, 0.4) is 0 Å². The van der Waals surface area contributed by atoms with Crippen LogP contribution in [0.2, 0.25) is 0 Å². The first-order chi connectivity index (χ1) is 11.2. The second-order valence-electron chi connectivity index (χ2n) is 4.93. The van der Waals surface area contributed by atoms with Crippen LogP contribution in [0, 0.1) is 0 Å². The fraction of sp³-hybridized carbons (Fsp3) is 0.118. The Bertz CT molecular complexity index is 772. The molecule has 1 amide bonds. The van der Waals surface area contributed by atoms with E-state index in [1.54, 1.807) is 48.4 Å². The molecule has 1 aromatic carbocycles. The molecule has 1 N–H and O–H groups in total. The highest BCUT2D eigenvalue weighted by atomic mass is 16.5. The summed E-state index contributed by atoms with van der Waals surface area (Å²) in [4.78, 5) is 16.0. The van der Waals surface area contributed by atoms with Crippen LogP contribution < -0.4 is 10.1 Å². The number of nitrogens with zero attached hydrogens (tertiary/aromatic N) is 3. The van der Waals surface area contributed by atoms with E-state index in [0.29, 0.717) is 11.6 Å². The Kier molecular flexibility index (Phi) is 4.33. The number of aromatic nitrogens is 3. The van der Waals surface area contributed by atoms with E-state index >= 15 is 0 Å². The van der Waals surface area contributed by atoms with Crippen LogP contribution in [0.1, 0.15) is 6.92 Å². The number of amides is 1. The summed E-state index contributed by atoms with van der Waals surface area (Å²) in [6, 6.07) is 14.9. The Balaban J connectivity index is 1.63. The molecule has 1 atom stereocenters. The molecule has 2 heterocycles. The lowest BCUT2D eigenvalue weighted by atomic mass is 10.3. The highest BCUT2D eigenvalue weighted by molar-refractivity contribution is 5.93. The molecule has 0 saturated heterocycles. The van der Waals surface area contributed by atoms with Crippen molar-refractivity contribution in [2.24, 2.45) is 0 Å². The molecule has 2 aromatic heterocycles. The number of hydrogen-bond donors (Lipinski definition) is 1. The van der Waals surface area contributed by atoms with Crippen LogP contribution in [-0.2, 0) is 4.79 Å². The summed E-state index contributed by atoms with van der Waals surface area (Å²) in [6.07, 6.45) is 4.34. The van der Waals surface area contributed by atoms with Crippen molar-refractivity contribution in [2.75, 3.05) is 5.32 Å². The van der Waals surface area contributed by atoms with Crippen LogP contribution in [0.4, 0.5) is 5.69 Å². The maximum Gasteiger partial charge on any atom is 0.265 e. The number of benzene rings is 1. The molecule has 0 radical (unpaired) electrons. The van der Waals surface area contributed by atoms with Gasteiger partial charge >= 0.3 is 0 Å². The summed E-state index contributed by atoms with van der Waals surface area (Å²) >= 11 is 0. The zero-order valence-electron chi connectivity index (χ0n) is 12.6. The summed E-state index contributed by atoms with van der Waals surface area (Å²) in [6.45, 7) is 1.67. The van der Waals surface area contributed by atoms with Gasteiger partial charge in [-0.15, -0.1) is 5.10 Å². The average molecular weight is 308 g/mol. The van der Waals surface area contributed by atoms with Crippen molar-refractivity contribution in [3.8, 4) is 11.6 Å².